The Morgan fingerprint density at radius 3 is 2.64 bits per heavy atom. The van der Waals surface area contributed by atoms with Crippen LogP contribution in [-0.2, 0) is 0 Å². The molecule has 6 nitrogen and oxygen atoms in total. The van der Waals surface area contributed by atoms with Gasteiger partial charge in [0, 0.05) is 18.1 Å². The van der Waals surface area contributed by atoms with Gasteiger partial charge in [0.25, 0.3) is 0 Å². The van der Waals surface area contributed by atoms with Crippen molar-refractivity contribution in [2.45, 2.75) is 43.8 Å². The number of hydrogen-bond donors (Lipinski definition) is 2. The van der Waals surface area contributed by atoms with E-state index in [0.717, 1.165) is 12.8 Å². The number of nitrogens with zero attached hydrogens (tertiary/aromatic N) is 2. The van der Waals surface area contributed by atoms with Crippen LogP contribution in [0.15, 0.2) is 29.1 Å². The fourth-order valence-electron chi connectivity index (χ4n) is 4.02. The maximum Gasteiger partial charge on any atom is 0.334 e. The fraction of sp³-hybridized carbons (Fsp3) is 0.500. The SMILES string of the molecule is CN1[C@@H]2CC[C@H]1C[C@H](NC(=O)n1c(=O)[nH]c3ccccc31)C2. The van der Waals surface area contributed by atoms with Crippen molar-refractivity contribution in [3.63, 3.8) is 0 Å². The smallest absolute Gasteiger partial charge is 0.334 e. The molecule has 1 aromatic carbocycles. The van der Waals surface area contributed by atoms with E-state index in [9.17, 15) is 9.59 Å². The Morgan fingerprint density at radius 1 is 1.23 bits per heavy atom. The number of aromatic nitrogens is 2. The topological polar surface area (TPSA) is 70.1 Å². The zero-order valence-electron chi connectivity index (χ0n) is 12.6. The number of para-hydroxylation sites is 2. The summed E-state index contributed by atoms with van der Waals surface area (Å²) < 4.78 is 1.20. The van der Waals surface area contributed by atoms with Crippen LogP contribution in [-0.4, -0.2) is 45.7 Å². The van der Waals surface area contributed by atoms with E-state index in [4.69, 9.17) is 0 Å². The molecule has 1 amide bonds. The second-order valence-electron chi connectivity index (χ2n) is 6.45. The number of fused-ring (bicyclic) bond motifs is 3. The van der Waals surface area contributed by atoms with Crippen LogP contribution in [0.4, 0.5) is 4.79 Å². The summed E-state index contributed by atoms with van der Waals surface area (Å²) >= 11 is 0. The quantitative estimate of drug-likeness (QED) is 0.839. The van der Waals surface area contributed by atoms with Crippen molar-refractivity contribution in [2.24, 2.45) is 0 Å². The number of hydrogen-bond acceptors (Lipinski definition) is 3. The highest BCUT2D eigenvalue weighted by Gasteiger charge is 2.39. The molecule has 2 aliphatic heterocycles. The van der Waals surface area contributed by atoms with Crippen molar-refractivity contribution in [2.75, 3.05) is 7.05 Å². The molecule has 0 unspecified atom stereocenters. The first-order valence-corrected chi connectivity index (χ1v) is 7.86. The van der Waals surface area contributed by atoms with Crippen LogP contribution in [0.25, 0.3) is 11.0 Å². The maximum absolute atomic E-state index is 12.5. The molecule has 0 aliphatic carbocycles. The fourth-order valence-corrected chi connectivity index (χ4v) is 4.02. The van der Waals surface area contributed by atoms with Gasteiger partial charge >= 0.3 is 11.7 Å². The minimum absolute atomic E-state index is 0.154. The zero-order chi connectivity index (χ0) is 15.3. The van der Waals surface area contributed by atoms with E-state index in [1.807, 2.05) is 12.1 Å². The minimum Gasteiger partial charge on any atom is -0.334 e. The molecule has 2 N–H and O–H groups in total. The van der Waals surface area contributed by atoms with Crippen LogP contribution in [0.2, 0.25) is 0 Å². The second-order valence-corrected chi connectivity index (χ2v) is 6.45. The van der Waals surface area contributed by atoms with Crippen molar-refractivity contribution in [1.29, 1.82) is 0 Å². The molecule has 22 heavy (non-hydrogen) atoms. The summed E-state index contributed by atoms with van der Waals surface area (Å²) in [5.74, 6) is 0. The molecule has 3 atom stereocenters. The van der Waals surface area contributed by atoms with Crippen molar-refractivity contribution in [1.82, 2.24) is 19.8 Å². The summed E-state index contributed by atoms with van der Waals surface area (Å²) in [6, 6.07) is 8.21. The molecule has 2 fully saturated rings. The lowest BCUT2D eigenvalue weighted by Gasteiger charge is -2.36. The predicted octanol–water partition coefficient (Wildman–Crippen LogP) is 1.51. The Labute approximate surface area is 128 Å². The molecule has 116 valence electrons. The average Bonchev–Trinajstić information content (AvgIpc) is 2.90. The molecule has 1 aromatic heterocycles. The molecule has 0 spiro atoms. The molecule has 2 bridgehead atoms. The Kier molecular flexibility index (Phi) is 3.07. The Hall–Kier alpha value is -2.08. The molecule has 2 aliphatic rings. The summed E-state index contributed by atoms with van der Waals surface area (Å²) in [5.41, 5.74) is 0.932. The lowest BCUT2D eigenvalue weighted by Crippen LogP contribution is -2.50. The number of carbonyl (C=O) groups is 1. The lowest BCUT2D eigenvalue weighted by molar-refractivity contribution is 0.150. The first kappa shape index (κ1) is 13.6. The zero-order valence-corrected chi connectivity index (χ0v) is 12.6. The summed E-state index contributed by atoms with van der Waals surface area (Å²) in [5, 5.41) is 3.05. The summed E-state index contributed by atoms with van der Waals surface area (Å²) in [7, 11) is 2.17. The Balaban J connectivity index is 1.57. The average molecular weight is 300 g/mol. The van der Waals surface area contributed by atoms with Gasteiger partial charge < -0.3 is 15.2 Å². The minimum atomic E-state index is -0.380. The van der Waals surface area contributed by atoms with Crippen LogP contribution in [0.1, 0.15) is 25.7 Å². The number of benzene rings is 1. The molecule has 4 rings (SSSR count). The van der Waals surface area contributed by atoms with Crippen LogP contribution in [0.5, 0.6) is 0 Å². The third kappa shape index (κ3) is 2.06. The van der Waals surface area contributed by atoms with Gasteiger partial charge in [-0.2, -0.15) is 0 Å². The number of rotatable bonds is 1. The monoisotopic (exact) mass is 300 g/mol. The van der Waals surface area contributed by atoms with Gasteiger partial charge in [-0.25, -0.2) is 14.2 Å². The van der Waals surface area contributed by atoms with Gasteiger partial charge in [0.1, 0.15) is 0 Å². The molecule has 3 heterocycles. The van der Waals surface area contributed by atoms with E-state index >= 15 is 0 Å². The van der Waals surface area contributed by atoms with E-state index in [0.29, 0.717) is 23.1 Å². The van der Waals surface area contributed by atoms with Crippen molar-refractivity contribution >= 4 is 17.1 Å². The highest BCUT2D eigenvalue weighted by molar-refractivity contribution is 5.89. The normalized spacial score (nSPS) is 28.1. The molecular formula is C16H20N4O2. The number of carbonyl (C=O) groups excluding carboxylic acids is 1. The van der Waals surface area contributed by atoms with Crippen molar-refractivity contribution < 1.29 is 4.79 Å². The van der Waals surface area contributed by atoms with Gasteiger partial charge in [-0.05, 0) is 44.9 Å². The van der Waals surface area contributed by atoms with E-state index in [1.165, 1.54) is 17.4 Å². The van der Waals surface area contributed by atoms with E-state index in [-0.39, 0.29) is 17.8 Å². The van der Waals surface area contributed by atoms with Crippen LogP contribution < -0.4 is 11.0 Å². The van der Waals surface area contributed by atoms with Crippen LogP contribution in [0, 0.1) is 0 Å². The third-order valence-corrected chi connectivity index (χ3v) is 5.22. The molecule has 2 aromatic rings. The van der Waals surface area contributed by atoms with Gasteiger partial charge in [-0.3, -0.25) is 0 Å². The number of aromatic amines is 1. The molecule has 2 saturated heterocycles. The van der Waals surface area contributed by atoms with E-state index < -0.39 is 0 Å². The summed E-state index contributed by atoms with van der Waals surface area (Å²) in [4.78, 5) is 29.7. The predicted molar refractivity (Wildman–Crippen MR) is 84.1 cm³/mol. The molecule has 0 radical (unpaired) electrons. The largest absolute Gasteiger partial charge is 0.334 e. The number of amides is 1. The van der Waals surface area contributed by atoms with Gasteiger partial charge in [0.2, 0.25) is 0 Å². The highest BCUT2D eigenvalue weighted by Crippen LogP contribution is 2.34. The lowest BCUT2D eigenvalue weighted by atomic mass is 9.98. The number of imidazole rings is 1. The Morgan fingerprint density at radius 2 is 1.91 bits per heavy atom. The first-order chi connectivity index (χ1) is 10.6. The summed E-state index contributed by atoms with van der Waals surface area (Å²) in [6.07, 6.45) is 4.35. The van der Waals surface area contributed by atoms with Crippen molar-refractivity contribution in [3.05, 3.63) is 34.7 Å². The first-order valence-electron chi connectivity index (χ1n) is 7.86. The van der Waals surface area contributed by atoms with Crippen LogP contribution >= 0.6 is 0 Å². The molecule has 6 heteroatoms. The third-order valence-electron chi connectivity index (χ3n) is 5.22. The van der Waals surface area contributed by atoms with Gasteiger partial charge in [0.05, 0.1) is 11.0 Å². The standard InChI is InChI=1S/C16H20N4O2/c1-19-11-6-7-12(19)9-10(8-11)17-15(21)20-14-5-3-2-4-13(14)18-16(20)22/h2-5,10-12H,6-9H2,1H3,(H,17,21)(H,18,22)/t10-,11-,12+. The number of nitrogens with one attached hydrogen (secondary N) is 2. The van der Waals surface area contributed by atoms with Gasteiger partial charge in [0.15, 0.2) is 0 Å². The highest BCUT2D eigenvalue weighted by atomic mass is 16.2. The number of H-pyrrole nitrogens is 1. The van der Waals surface area contributed by atoms with E-state index in [2.05, 4.69) is 22.2 Å². The van der Waals surface area contributed by atoms with Gasteiger partial charge in [-0.1, -0.05) is 12.1 Å². The molecule has 0 saturated carbocycles. The second kappa shape index (κ2) is 4.98. The van der Waals surface area contributed by atoms with Crippen LogP contribution in [0.3, 0.4) is 0 Å². The summed E-state index contributed by atoms with van der Waals surface area (Å²) in [6.45, 7) is 0. The number of piperidine rings is 1. The van der Waals surface area contributed by atoms with Gasteiger partial charge in [-0.15, -0.1) is 0 Å². The molecular weight excluding hydrogens is 280 g/mol. The van der Waals surface area contributed by atoms with Crippen molar-refractivity contribution in [3.8, 4) is 0 Å². The maximum atomic E-state index is 12.5. The Bertz CT molecular complexity index is 764. The van der Waals surface area contributed by atoms with E-state index in [1.54, 1.807) is 12.1 Å².